The second-order valence-electron chi connectivity index (χ2n) is 3.26. The molecule has 0 saturated carbocycles. The van der Waals surface area contributed by atoms with E-state index in [1.54, 1.807) is 30.2 Å². The zero-order valence-electron chi connectivity index (χ0n) is 9.46. The summed E-state index contributed by atoms with van der Waals surface area (Å²) in [6.07, 6.45) is 3.28. The van der Waals surface area contributed by atoms with Crippen molar-refractivity contribution in [2.45, 2.75) is 11.8 Å². The number of ether oxygens (including phenoxy) is 1. The number of hydrogen-bond acceptors (Lipinski definition) is 5. The van der Waals surface area contributed by atoms with E-state index >= 15 is 0 Å². The molecule has 17 heavy (non-hydrogen) atoms. The highest BCUT2D eigenvalue weighted by Gasteiger charge is 2.04. The molecule has 2 N–H and O–H groups in total. The molecule has 0 radical (unpaired) electrons. The molecule has 2 aromatic heterocycles. The van der Waals surface area contributed by atoms with E-state index in [0.717, 1.165) is 10.6 Å². The molecular formula is C12H13N3OS. The molecule has 4 nitrogen and oxygen atoms in total. The van der Waals surface area contributed by atoms with Crippen LogP contribution in [0.4, 0.5) is 5.82 Å². The Labute approximate surface area is 104 Å². The van der Waals surface area contributed by atoms with E-state index in [2.05, 4.69) is 16.9 Å². The number of nitrogens with zero attached hydrogens (tertiary/aromatic N) is 2. The first-order chi connectivity index (χ1) is 8.29. The van der Waals surface area contributed by atoms with Gasteiger partial charge in [0.25, 0.3) is 0 Å². The van der Waals surface area contributed by atoms with Gasteiger partial charge in [-0.25, -0.2) is 9.97 Å². The van der Waals surface area contributed by atoms with Crippen LogP contribution >= 0.6 is 11.8 Å². The molecule has 88 valence electrons. The lowest BCUT2D eigenvalue weighted by atomic mass is 10.4. The first kappa shape index (κ1) is 11.7. The van der Waals surface area contributed by atoms with Gasteiger partial charge in [0.1, 0.15) is 11.6 Å². The summed E-state index contributed by atoms with van der Waals surface area (Å²) in [5.41, 5.74) is 5.77. The Balaban J connectivity index is 2.19. The summed E-state index contributed by atoms with van der Waals surface area (Å²) in [5.74, 6) is 2.67. The minimum absolute atomic E-state index is 0.533. The molecule has 2 aromatic rings. The van der Waals surface area contributed by atoms with Gasteiger partial charge in [0.15, 0.2) is 0 Å². The van der Waals surface area contributed by atoms with Crippen LogP contribution in [0.2, 0.25) is 0 Å². The SMILES string of the molecule is CCSc1cc(Oc2ccccn2)cnc1N. The lowest BCUT2D eigenvalue weighted by Crippen LogP contribution is -1.95. The van der Waals surface area contributed by atoms with Gasteiger partial charge in [-0.15, -0.1) is 11.8 Å². The van der Waals surface area contributed by atoms with Crippen LogP contribution in [0, 0.1) is 0 Å². The average Bonchev–Trinajstić information content (AvgIpc) is 2.35. The van der Waals surface area contributed by atoms with Crippen molar-refractivity contribution in [3.63, 3.8) is 0 Å². The Morgan fingerprint density at radius 3 is 2.94 bits per heavy atom. The Morgan fingerprint density at radius 2 is 2.24 bits per heavy atom. The summed E-state index contributed by atoms with van der Waals surface area (Å²) in [7, 11) is 0. The molecule has 0 bridgehead atoms. The highest BCUT2D eigenvalue weighted by molar-refractivity contribution is 7.99. The van der Waals surface area contributed by atoms with Gasteiger partial charge in [0.05, 0.1) is 11.1 Å². The van der Waals surface area contributed by atoms with Crippen LogP contribution in [0.5, 0.6) is 11.6 Å². The highest BCUT2D eigenvalue weighted by atomic mass is 32.2. The standard InChI is InChI=1S/C12H13N3OS/c1-2-17-10-7-9(8-15-12(10)13)16-11-5-3-4-6-14-11/h3-8H,2H2,1H3,(H2,13,15). The van der Waals surface area contributed by atoms with Crippen molar-refractivity contribution in [1.82, 2.24) is 9.97 Å². The van der Waals surface area contributed by atoms with Crippen LogP contribution in [0.1, 0.15) is 6.92 Å². The molecule has 0 aliphatic heterocycles. The van der Waals surface area contributed by atoms with Crippen molar-refractivity contribution in [3.05, 3.63) is 36.7 Å². The monoisotopic (exact) mass is 247 g/mol. The highest BCUT2D eigenvalue weighted by Crippen LogP contribution is 2.28. The average molecular weight is 247 g/mol. The van der Waals surface area contributed by atoms with Crippen molar-refractivity contribution in [2.24, 2.45) is 0 Å². The maximum atomic E-state index is 5.77. The van der Waals surface area contributed by atoms with Gasteiger partial charge in [-0.1, -0.05) is 13.0 Å². The number of thioether (sulfide) groups is 1. The van der Waals surface area contributed by atoms with Crippen LogP contribution < -0.4 is 10.5 Å². The Bertz CT molecular complexity index is 490. The van der Waals surface area contributed by atoms with Gasteiger partial charge < -0.3 is 10.5 Å². The summed E-state index contributed by atoms with van der Waals surface area (Å²) in [4.78, 5) is 9.11. The number of nitrogens with two attached hydrogens (primary N) is 1. The van der Waals surface area contributed by atoms with Crippen molar-refractivity contribution < 1.29 is 4.74 Å². The molecule has 0 fully saturated rings. The summed E-state index contributed by atoms with van der Waals surface area (Å²) in [6, 6.07) is 7.38. The van der Waals surface area contributed by atoms with Gasteiger partial charge in [-0.3, -0.25) is 0 Å². The fourth-order valence-corrected chi connectivity index (χ4v) is 2.00. The lowest BCUT2D eigenvalue weighted by Gasteiger charge is -2.07. The number of rotatable bonds is 4. The normalized spacial score (nSPS) is 10.2. The third kappa shape index (κ3) is 3.10. The summed E-state index contributed by atoms with van der Waals surface area (Å²) in [6.45, 7) is 2.07. The quantitative estimate of drug-likeness (QED) is 0.842. The molecule has 0 atom stereocenters. The topological polar surface area (TPSA) is 61.0 Å². The van der Waals surface area contributed by atoms with Crippen molar-refractivity contribution >= 4 is 17.6 Å². The smallest absolute Gasteiger partial charge is 0.219 e. The molecular weight excluding hydrogens is 234 g/mol. The Kier molecular flexibility index (Phi) is 3.82. The molecule has 0 aliphatic carbocycles. The van der Waals surface area contributed by atoms with Crippen molar-refractivity contribution in [1.29, 1.82) is 0 Å². The van der Waals surface area contributed by atoms with Crippen LogP contribution in [0.25, 0.3) is 0 Å². The van der Waals surface area contributed by atoms with Crippen molar-refractivity contribution in [3.8, 4) is 11.6 Å². The minimum atomic E-state index is 0.533. The lowest BCUT2D eigenvalue weighted by molar-refractivity contribution is 0.459. The fourth-order valence-electron chi connectivity index (χ4n) is 1.29. The van der Waals surface area contributed by atoms with E-state index in [-0.39, 0.29) is 0 Å². The second-order valence-corrected chi connectivity index (χ2v) is 4.56. The molecule has 0 saturated heterocycles. The van der Waals surface area contributed by atoms with Crippen LogP contribution in [-0.4, -0.2) is 15.7 Å². The van der Waals surface area contributed by atoms with E-state index in [1.807, 2.05) is 18.2 Å². The number of aromatic nitrogens is 2. The molecule has 0 spiro atoms. The van der Waals surface area contributed by atoms with E-state index in [4.69, 9.17) is 10.5 Å². The van der Waals surface area contributed by atoms with Crippen LogP contribution in [0.3, 0.4) is 0 Å². The largest absolute Gasteiger partial charge is 0.437 e. The molecule has 0 aliphatic rings. The van der Waals surface area contributed by atoms with E-state index < -0.39 is 0 Å². The maximum Gasteiger partial charge on any atom is 0.219 e. The van der Waals surface area contributed by atoms with Crippen LogP contribution in [0.15, 0.2) is 41.6 Å². The predicted molar refractivity (Wildman–Crippen MR) is 69.4 cm³/mol. The molecule has 2 heterocycles. The summed E-state index contributed by atoms with van der Waals surface area (Å²) >= 11 is 1.64. The Morgan fingerprint density at radius 1 is 1.35 bits per heavy atom. The third-order valence-electron chi connectivity index (χ3n) is 2.02. The van der Waals surface area contributed by atoms with Gasteiger partial charge >= 0.3 is 0 Å². The maximum absolute atomic E-state index is 5.77. The zero-order chi connectivity index (χ0) is 12.1. The molecule has 0 unspecified atom stereocenters. The molecule has 5 heteroatoms. The number of hydrogen-bond donors (Lipinski definition) is 1. The molecule has 2 rings (SSSR count). The zero-order valence-corrected chi connectivity index (χ0v) is 10.3. The van der Waals surface area contributed by atoms with Crippen molar-refractivity contribution in [2.75, 3.05) is 11.5 Å². The van der Waals surface area contributed by atoms with Gasteiger partial charge in [-0.2, -0.15) is 0 Å². The van der Waals surface area contributed by atoms with Gasteiger partial charge in [-0.05, 0) is 17.9 Å². The second kappa shape index (κ2) is 5.54. The predicted octanol–water partition coefficient (Wildman–Crippen LogP) is 2.96. The molecule has 0 amide bonds. The Hall–Kier alpha value is -1.75. The number of anilines is 1. The first-order valence-electron chi connectivity index (χ1n) is 5.27. The third-order valence-corrected chi connectivity index (χ3v) is 2.94. The minimum Gasteiger partial charge on any atom is -0.437 e. The summed E-state index contributed by atoms with van der Waals surface area (Å²) in [5, 5.41) is 0. The van der Waals surface area contributed by atoms with Gasteiger partial charge in [0, 0.05) is 12.3 Å². The van der Waals surface area contributed by atoms with E-state index in [0.29, 0.717) is 17.4 Å². The van der Waals surface area contributed by atoms with Crippen LogP contribution in [-0.2, 0) is 0 Å². The van der Waals surface area contributed by atoms with E-state index in [1.165, 1.54) is 0 Å². The summed E-state index contributed by atoms with van der Waals surface area (Å²) < 4.78 is 5.58. The van der Waals surface area contributed by atoms with E-state index in [9.17, 15) is 0 Å². The number of nitrogen functional groups attached to an aromatic ring is 1. The molecule has 0 aromatic carbocycles. The number of pyridine rings is 2. The first-order valence-corrected chi connectivity index (χ1v) is 6.25. The fraction of sp³-hybridized carbons (Fsp3) is 0.167. The van der Waals surface area contributed by atoms with Gasteiger partial charge in [0.2, 0.25) is 5.88 Å².